The highest BCUT2D eigenvalue weighted by Gasteiger charge is 2.30. The number of amides is 1. The van der Waals surface area contributed by atoms with Gasteiger partial charge in [0.15, 0.2) is 0 Å². The van der Waals surface area contributed by atoms with Crippen LogP contribution < -0.4 is 5.32 Å². The average molecular weight is 425 g/mol. The minimum absolute atomic E-state index is 0.0547. The van der Waals surface area contributed by atoms with Gasteiger partial charge in [0.1, 0.15) is 5.82 Å². The Morgan fingerprint density at radius 2 is 2.07 bits per heavy atom. The number of likely N-dealkylation sites (tertiary alicyclic amines) is 1. The van der Waals surface area contributed by atoms with Crippen LogP contribution in [-0.2, 0) is 6.54 Å². The predicted molar refractivity (Wildman–Crippen MR) is 120 cm³/mol. The standard InChI is InChI=1S/C23H28N4O2S/c1-15(2)22-25-11-16(12-26-22)13-27-9-7-17(14-27)20-18-5-3-4-6-19(18)30-21(20)23(29)24-8-10-28/h3-6,11-12,15,17,28H,7-10,13-14H2,1-2H3,(H,24,29). The first kappa shape index (κ1) is 20.9. The second-order valence-electron chi connectivity index (χ2n) is 8.15. The molecular weight excluding hydrogens is 396 g/mol. The van der Waals surface area contributed by atoms with E-state index >= 15 is 0 Å². The van der Waals surface area contributed by atoms with E-state index < -0.39 is 0 Å². The summed E-state index contributed by atoms with van der Waals surface area (Å²) in [4.78, 5) is 24.9. The van der Waals surface area contributed by atoms with Crippen LogP contribution in [0.1, 0.15) is 58.7 Å². The number of aliphatic hydroxyl groups excluding tert-OH is 1. The second kappa shape index (κ2) is 9.20. The molecule has 3 heterocycles. The van der Waals surface area contributed by atoms with Gasteiger partial charge in [-0.2, -0.15) is 0 Å². The van der Waals surface area contributed by atoms with Crippen molar-refractivity contribution < 1.29 is 9.90 Å². The third kappa shape index (κ3) is 4.38. The SMILES string of the molecule is CC(C)c1ncc(CN2CCC(c3c(C(=O)NCCO)sc4ccccc34)C2)cn1. The third-order valence-electron chi connectivity index (χ3n) is 5.57. The highest BCUT2D eigenvalue weighted by molar-refractivity contribution is 7.21. The summed E-state index contributed by atoms with van der Waals surface area (Å²) in [6, 6.07) is 8.24. The van der Waals surface area contributed by atoms with E-state index in [0.717, 1.165) is 52.6 Å². The van der Waals surface area contributed by atoms with Gasteiger partial charge in [0.05, 0.1) is 11.5 Å². The summed E-state index contributed by atoms with van der Waals surface area (Å²) >= 11 is 1.55. The lowest BCUT2D eigenvalue weighted by Crippen LogP contribution is -2.27. The fraction of sp³-hybridized carbons (Fsp3) is 0.435. The molecule has 2 aromatic heterocycles. The number of hydrogen-bond acceptors (Lipinski definition) is 6. The number of nitrogens with zero attached hydrogens (tertiary/aromatic N) is 3. The van der Waals surface area contributed by atoms with Crippen molar-refractivity contribution in [3.05, 3.63) is 58.5 Å². The van der Waals surface area contributed by atoms with E-state index in [0.29, 0.717) is 11.8 Å². The van der Waals surface area contributed by atoms with Crippen LogP contribution in [-0.4, -0.2) is 52.1 Å². The Hall–Kier alpha value is -2.35. The van der Waals surface area contributed by atoms with Crippen LogP contribution in [0.4, 0.5) is 0 Å². The van der Waals surface area contributed by atoms with Gasteiger partial charge >= 0.3 is 0 Å². The number of carbonyl (C=O) groups excluding carboxylic acids is 1. The molecule has 4 rings (SSSR count). The topological polar surface area (TPSA) is 78.4 Å². The smallest absolute Gasteiger partial charge is 0.261 e. The maximum Gasteiger partial charge on any atom is 0.261 e. The van der Waals surface area contributed by atoms with E-state index in [-0.39, 0.29) is 19.1 Å². The Labute approximate surface area is 181 Å². The average Bonchev–Trinajstić information content (AvgIpc) is 3.36. The number of fused-ring (bicyclic) bond motifs is 1. The number of carbonyl (C=O) groups is 1. The Balaban J connectivity index is 1.53. The summed E-state index contributed by atoms with van der Waals surface area (Å²) in [5.41, 5.74) is 2.27. The molecule has 1 aliphatic heterocycles. The van der Waals surface area contributed by atoms with Gasteiger partial charge in [-0.05, 0) is 30.0 Å². The van der Waals surface area contributed by atoms with Gasteiger partial charge in [-0.1, -0.05) is 32.0 Å². The molecule has 2 N–H and O–H groups in total. The summed E-state index contributed by atoms with van der Waals surface area (Å²) in [6.07, 6.45) is 4.89. The zero-order chi connectivity index (χ0) is 21.1. The molecule has 1 aliphatic rings. The summed E-state index contributed by atoms with van der Waals surface area (Å²) in [6.45, 7) is 7.13. The van der Waals surface area contributed by atoms with E-state index in [9.17, 15) is 4.79 Å². The summed E-state index contributed by atoms with van der Waals surface area (Å²) in [7, 11) is 0. The molecule has 0 spiro atoms. The molecular formula is C23H28N4O2S. The van der Waals surface area contributed by atoms with Crippen molar-refractivity contribution in [3.8, 4) is 0 Å². The quantitative estimate of drug-likeness (QED) is 0.607. The lowest BCUT2D eigenvalue weighted by atomic mass is 9.95. The molecule has 3 aromatic rings. The van der Waals surface area contributed by atoms with Crippen molar-refractivity contribution in [2.45, 2.75) is 38.6 Å². The molecule has 158 valence electrons. The van der Waals surface area contributed by atoms with Gasteiger partial charge in [0, 0.05) is 54.1 Å². The van der Waals surface area contributed by atoms with Gasteiger partial charge in [-0.25, -0.2) is 9.97 Å². The molecule has 1 atom stereocenters. The Morgan fingerprint density at radius 1 is 1.30 bits per heavy atom. The molecule has 0 radical (unpaired) electrons. The van der Waals surface area contributed by atoms with Crippen LogP contribution in [0, 0.1) is 0 Å². The van der Waals surface area contributed by atoms with Gasteiger partial charge in [-0.15, -0.1) is 11.3 Å². The Bertz CT molecular complexity index is 1020. The number of hydrogen-bond donors (Lipinski definition) is 2. The molecule has 1 saturated heterocycles. The van der Waals surface area contributed by atoms with Crippen LogP contribution in [0.5, 0.6) is 0 Å². The number of thiophene rings is 1. The maximum absolute atomic E-state index is 12.8. The van der Waals surface area contributed by atoms with Crippen LogP contribution in [0.15, 0.2) is 36.7 Å². The third-order valence-corrected chi connectivity index (χ3v) is 6.75. The zero-order valence-corrected chi connectivity index (χ0v) is 18.3. The molecule has 0 saturated carbocycles. The Kier molecular flexibility index (Phi) is 6.41. The van der Waals surface area contributed by atoms with Crippen LogP contribution >= 0.6 is 11.3 Å². The van der Waals surface area contributed by atoms with Crippen molar-refractivity contribution in [3.63, 3.8) is 0 Å². The lowest BCUT2D eigenvalue weighted by molar-refractivity contribution is 0.0947. The molecule has 1 amide bonds. The van der Waals surface area contributed by atoms with Crippen LogP contribution in [0.2, 0.25) is 0 Å². The summed E-state index contributed by atoms with van der Waals surface area (Å²) in [5, 5.41) is 13.1. The molecule has 0 bridgehead atoms. The predicted octanol–water partition coefficient (Wildman–Crippen LogP) is 3.53. The van der Waals surface area contributed by atoms with Crippen LogP contribution in [0.3, 0.4) is 0 Å². The van der Waals surface area contributed by atoms with Crippen molar-refractivity contribution in [2.75, 3.05) is 26.2 Å². The minimum atomic E-state index is -0.0867. The monoisotopic (exact) mass is 424 g/mol. The van der Waals surface area contributed by atoms with E-state index in [2.05, 4.69) is 46.2 Å². The Morgan fingerprint density at radius 3 is 2.80 bits per heavy atom. The zero-order valence-electron chi connectivity index (χ0n) is 17.5. The number of rotatable bonds is 7. The van der Waals surface area contributed by atoms with Gasteiger partial charge in [0.2, 0.25) is 0 Å². The minimum Gasteiger partial charge on any atom is -0.395 e. The van der Waals surface area contributed by atoms with Gasteiger partial charge in [0.25, 0.3) is 5.91 Å². The number of nitrogens with one attached hydrogen (secondary N) is 1. The first-order valence-corrected chi connectivity index (χ1v) is 11.3. The number of aliphatic hydroxyl groups is 1. The molecule has 30 heavy (non-hydrogen) atoms. The van der Waals surface area contributed by atoms with Crippen molar-refractivity contribution in [2.24, 2.45) is 0 Å². The van der Waals surface area contributed by atoms with Gasteiger partial charge < -0.3 is 10.4 Å². The number of benzene rings is 1. The fourth-order valence-corrected chi connectivity index (χ4v) is 5.31. The van der Waals surface area contributed by atoms with Crippen molar-refractivity contribution in [1.82, 2.24) is 20.2 Å². The normalized spacial score (nSPS) is 17.1. The molecule has 1 aromatic carbocycles. The van der Waals surface area contributed by atoms with E-state index in [1.807, 2.05) is 24.5 Å². The molecule has 0 aliphatic carbocycles. The maximum atomic E-state index is 12.8. The lowest BCUT2D eigenvalue weighted by Gasteiger charge is -2.17. The highest BCUT2D eigenvalue weighted by atomic mass is 32.1. The molecule has 1 fully saturated rings. The second-order valence-corrected chi connectivity index (χ2v) is 9.20. The van der Waals surface area contributed by atoms with Crippen LogP contribution in [0.25, 0.3) is 10.1 Å². The molecule has 6 nitrogen and oxygen atoms in total. The summed E-state index contributed by atoms with van der Waals surface area (Å²) < 4.78 is 1.14. The highest BCUT2D eigenvalue weighted by Crippen LogP contribution is 2.40. The largest absolute Gasteiger partial charge is 0.395 e. The van der Waals surface area contributed by atoms with E-state index in [1.165, 1.54) is 5.39 Å². The number of aromatic nitrogens is 2. The van der Waals surface area contributed by atoms with Gasteiger partial charge in [-0.3, -0.25) is 9.69 Å². The van der Waals surface area contributed by atoms with E-state index in [4.69, 9.17) is 5.11 Å². The fourth-order valence-electron chi connectivity index (χ4n) is 4.10. The molecule has 1 unspecified atom stereocenters. The van der Waals surface area contributed by atoms with Crippen molar-refractivity contribution >= 4 is 27.3 Å². The van der Waals surface area contributed by atoms with E-state index in [1.54, 1.807) is 11.3 Å². The first-order valence-electron chi connectivity index (χ1n) is 10.5. The molecule has 7 heteroatoms. The van der Waals surface area contributed by atoms with Crippen molar-refractivity contribution in [1.29, 1.82) is 0 Å². The first-order chi connectivity index (χ1) is 14.6. The summed E-state index contributed by atoms with van der Waals surface area (Å²) in [5.74, 6) is 1.43.